The van der Waals surface area contributed by atoms with Crippen molar-refractivity contribution in [1.82, 2.24) is 5.43 Å². The molecule has 90 valence electrons. The molecule has 3 unspecified atom stereocenters. The highest BCUT2D eigenvalue weighted by Gasteiger charge is 2.24. The van der Waals surface area contributed by atoms with Crippen LogP contribution >= 0.6 is 0 Å². The first kappa shape index (κ1) is 12.9. The van der Waals surface area contributed by atoms with Crippen molar-refractivity contribution in [2.45, 2.75) is 64.5 Å². The third-order valence-corrected chi connectivity index (χ3v) is 3.32. The molecule has 0 radical (unpaired) electrons. The minimum absolute atomic E-state index is 0.336. The molecule has 1 aliphatic rings. The second kappa shape index (κ2) is 7.20. The Balaban J connectivity index is 2.32. The van der Waals surface area contributed by atoms with Crippen LogP contribution in [-0.4, -0.2) is 18.8 Å². The highest BCUT2D eigenvalue weighted by atomic mass is 16.5. The lowest BCUT2D eigenvalue weighted by atomic mass is 9.92. The van der Waals surface area contributed by atoms with Crippen LogP contribution in [0, 0.1) is 5.92 Å². The van der Waals surface area contributed by atoms with Crippen LogP contribution < -0.4 is 11.3 Å². The number of rotatable bonds is 6. The van der Waals surface area contributed by atoms with Gasteiger partial charge in [0.2, 0.25) is 0 Å². The molecule has 0 aromatic carbocycles. The van der Waals surface area contributed by atoms with Gasteiger partial charge in [-0.1, -0.05) is 26.7 Å². The number of nitrogens with one attached hydrogen (secondary N) is 1. The van der Waals surface area contributed by atoms with E-state index in [1.165, 1.54) is 25.7 Å². The zero-order chi connectivity index (χ0) is 11.1. The minimum atomic E-state index is 0.336. The average molecular weight is 214 g/mol. The van der Waals surface area contributed by atoms with Gasteiger partial charge in [-0.2, -0.15) is 0 Å². The fourth-order valence-corrected chi connectivity index (χ4v) is 2.45. The normalized spacial score (nSPS) is 26.2. The number of hydrogen-bond donors (Lipinski definition) is 2. The van der Waals surface area contributed by atoms with Gasteiger partial charge in [0, 0.05) is 12.6 Å². The summed E-state index contributed by atoms with van der Waals surface area (Å²) in [6.45, 7) is 5.44. The summed E-state index contributed by atoms with van der Waals surface area (Å²) in [6, 6.07) is 0.340. The quantitative estimate of drug-likeness (QED) is 0.526. The van der Waals surface area contributed by atoms with Crippen LogP contribution in [0.25, 0.3) is 0 Å². The average Bonchev–Trinajstić information content (AvgIpc) is 2.27. The number of hydrazine groups is 1. The summed E-state index contributed by atoms with van der Waals surface area (Å²) in [5.41, 5.74) is 2.94. The molecule has 0 bridgehead atoms. The van der Waals surface area contributed by atoms with E-state index in [1.54, 1.807) is 0 Å². The zero-order valence-electron chi connectivity index (χ0n) is 10.2. The Morgan fingerprint density at radius 1 is 1.47 bits per heavy atom. The van der Waals surface area contributed by atoms with Gasteiger partial charge < -0.3 is 4.74 Å². The SMILES string of the molecule is CCCC(C)CC(NN)C1CCCCO1. The van der Waals surface area contributed by atoms with Gasteiger partial charge >= 0.3 is 0 Å². The molecule has 0 aliphatic carbocycles. The molecule has 1 heterocycles. The highest BCUT2D eigenvalue weighted by molar-refractivity contribution is 4.79. The van der Waals surface area contributed by atoms with Crippen molar-refractivity contribution in [3.8, 4) is 0 Å². The van der Waals surface area contributed by atoms with E-state index in [0.29, 0.717) is 12.1 Å². The second-order valence-corrected chi connectivity index (χ2v) is 4.81. The van der Waals surface area contributed by atoms with Gasteiger partial charge in [-0.15, -0.1) is 0 Å². The Hall–Kier alpha value is -0.120. The topological polar surface area (TPSA) is 47.3 Å². The Kier molecular flexibility index (Phi) is 6.22. The van der Waals surface area contributed by atoms with Crippen LogP contribution in [0.5, 0.6) is 0 Å². The molecule has 0 aromatic heterocycles. The molecule has 3 N–H and O–H groups in total. The van der Waals surface area contributed by atoms with Crippen LogP contribution in [0.15, 0.2) is 0 Å². The van der Waals surface area contributed by atoms with Crippen LogP contribution in [0.1, 0.15) is 52.4 Å². The molecule has 15 heavy (non-hydrogen) atoms. The number of hydrogen-bond acceptors (Lipinski definition) is 3. The molecular weight excluding hydrogens is 188 g/mol. The summed E-state index contributed by atoms with van der Waals surface area (Å²) in [5.74, 6) is 6.36. The third-order valence-electron chi connectivity index (χ3n) is 3.32. The molecule has 1 rings (SSSR count). The summed E-state index contributed by atoms with van der Waals surface area (Å²) >= 11 is 0. The molecule has 0 amide bonds. The van der Waals surface area contributed by atoms with E-state index in [9.17, 15) is 0 Å². The standard InChI is InChI=1S/C12H26N2O/c1-3-6-10(2)9-11(14-13)12-7-4-5-8-15-12/h10-12,14H,3-9,13H2,1-2H3. The second-order valence-electron chi connectivity index (χ2n) is 4.81. The van der Waals surface area contributed by atoms with E-state index in [2.05, 4.69) is 19.3 Å². The smallest absolute Gasteiger partial charge is 0.0741 e. The van der Waals surface area contributed by atoms with Gasteiger partial charge in [0.05, 0.1) is 6.10 Å². The maximum Gasteiger partial charge on any atom is 0.0741 e. The molecule has 0 saturated carbocycles. The van der Waals surface area contributed by atoms with Gasteiger partial charge in [-0.25, -0.2) is 0 Å². The molecule has 3 heteroatoms. The molecule has 1 aliphatic heterocycles. The fraction of sp³-hybridized carbons (Fsp3) is 1.00. The largest absolute Gasteiger partial charge is 0.377 e. The van der Waals surface area contributed by atoms with E-state index in [-0.39, 0.29) is 0 Å². The van der Waals surface area contributed by atoms with Crippen LogP contribution in [0.4, 0.5) is 0 Å². The van der Waals surface area contributed by atoms with Gasteiger partial charge in [-0.3, -0.25) is 11.3 Å². The first-order valence-electron chi connectivity index (χ1n) is 6.35. The Morgan fingerprint density at radius 3 is 2.80 bits per heavy atom. The minimum Gasteiger partial charge on any atom is -0.377 e. The number of nitrogens with two attached hydrogens (primary N) is 1. The lowest BCUT2D eigenvalue weighted by Gasteiger charge is -2.31. The summed E-state index contributed by atoms with van der Waals surface area (Å²) in [7, 11) is 0. The van der Waals surface area contributed by atoms with Crippen molar-refractivity contribution >= 4 is 0 Å². The van der Waals surface area contributed by atoms with Crippen molar-refractivity contribution in [2.24, 2.45) is 11.8 Å². The maximum atomic E-state index is 5.77. The Labute approximate surface area is 93.7 Å². The lowest BCUT2D eigenvalue weighted by Crippen LogP contribution is -2.47. The molecule has 0 aromatic rings. The summed E-state index contributed by atoms with van der Waals surface area (Å²) in [5, 5.41) is 0. The summed E-state index contributed by atoms with van der Waals surface area (Å²) in [6.07, 6.45) is 7.66. The summed E-state index contributed by atoms with van der Waals surface area (Å²) in [4.78, 5) is 0. The van der Waals surface area contributed by atoms with Crippen molar-refractivity contribution < 1.29 is 4.74 Å². The Bertz CT molecular complexity index is 158. The highest BCUT2D eigenvalue weighted by Crippen LogP contribution is 2.21. The van der Waals surface area contributed by atoms with Crippen molar-refractivity contribution in [2.75, 3.05) is 6.61 Å². The van der Waals surface area contributed by atoms with E-state index >= 15 is 0 Å². The van der Waals surface area contributed by atoms with Crippen LogP contribution in [-0.2, 0) is 4.74 Å². The van der Waals surface area contributed by atoms with Crippen LogP contribution in [0.2, 0.25) is 0 Å². The Morgan fingerprint density at radius 2 is 2.27 bits per heavy atom. The first-order chi connectivity index (χ1) is 7.27. The zero-order valence-corrected chi connectivity index (χ0v) is 10.2. The van der Waals surface area contributed by atoms with Crippen molar-refractivity contribution in [1.29, 1.82) is 0 Å². The van der Waals surface area contributed by atoms with E-state index in [0.717, 1.165) is 25.4 Å². The van der Waals surface area contributed by atoms with Crippen LogP contribution in [0.3, 0.4) is 0 Å². The number of ether oxygens (including phenoxy) is 1. The van der Waals surface area contributed by atoms with Crippen molar-refractivity contribution in [3.05, 3.63) is 0 Å². The van der Waals surface area contributed by atoms with Crippen molar-refractivity contribution in [3.63, 3.8) is 0 Å². The fourth-order valence-electron chi connectivity index (χ4n) is 2.45. The molecule has 1 fully saturated rings. The predicted octanol–water partition coefficient (Wildman–Crippen LogP) is 2.21. The maximum absolute atomic E-state index is 5.77. The molecule has 3 nitrogen and oxygen atoms in total. The van der Waals surface area contributed by atoms with E-state index in [4.69, 9.17) is 10.6 Å². The monoisotopic (exact) mass is 214 g/mol. The third kappa shape index (κ3) is 4.49. The molecule has 0 spiro atoms. The van der Waals surface area contributed by atoms with E-state index < -0.39 is 0 Å². The van der Waals surface area contributed by atoms with Gasteiger partial charge in [-0.05, 0) is 31.6 Å². The van der Waals surface area contributed by atoms with Gasteiger partial charge in [0.25, 0.3) is 0 Å². The molecule has 1 saturated heterocycles. The van der Waals surface area contributed by atoms with E-state index in [1.807, 2.05) is 0 Å². The summed E-state index contributed by atoms with van der Waals surface area (Å²) < 4.78 is 5.77. The van der Waals surface area contributed by atoms with Gasteiger partial charge in [0.15, 0.2) is 0 Å². The predicted molar refractivity (Wildman–Crippen MR) is 63.4 cm³/mol. The first-order valence-corrected chi connectivity index (χ1v) is 6.35. The molecular formula is C12H26N2O. The lowest BCUT2D eigenvalue weighted by molar-refractivity contribution is -0.0124. The van der Waals surface area contributed by atoms with Gasteiger partial charge in [0.1, 0.15) is 0 Å². The molecule has 3 atom stereocenters.